The Morgan fingerprint density at radius 2 is 2.00 bits per heavy atom. The predicted octanol–water partition coefficient (Wildman–Crippen LogP) is 2.02. The Kier molecular flexibility index (Phi) is 1.95. The molecule has 23 heavy (non-hydrogen) atoms. The lowest BCUT2D eigenvalue weighted by atomic mass is 9.50. The molecule has 0 amide bonds. The van der Waals surface area contributed by atoms with E-state index in [1.54, 1.807) is 12.1 Å². The van der Waals surface area contributed by atoms with Crippen molar-refractivity contribution >= 4 is 5.97 Å². The Morgan fingerprint density at radius 1 is 1.17 bits per heavy atom. The molecule has 0 radical (unpaired) electrons. The van der Waals surface area contributed by atoms with E-state index in [0.717, 1.165) is 24.0 Å². The zero-order valence-electron chi connectivity index (χ0n) is 13.2. The van der Waals surface area contributed by atoms with E-state index in [9.17, 15) is 9.59 Å². The molecule has 3 unspecified atom stereocenters. The van der Waals surface area contributed by atoms with E-state index >= 15 is 0 Å². The fourth-order valence-corrected chi connectivity index (χ4v) is 6.56. The quantitative estimate of drug-likeness (QED) is 0.688. The molecule has 0 aromatic heterocycles. The maximum absolute atomic E-state index is 12.9. The van der Waals surface area contributed by atoms with Crippen LogP contribution in [0.15, 0.2) is 16.9 Å². The molecule has 3 heterocycles. The predicted molar refractivity (Wildman–Crippen MR) is 81.1 cm³/mol. The van der Waals surface area contributed by atoms with E-state index in [1.165, 1.54) is 11.1 Å². The van der Waals surface area contributed by atoms with Crippen LogP contribution in [0.5, 0.6) is 0 Å². The second kappa shape index (κ2) is 3.54. The molecule has 7 rings (SSSR count). The largest absolute Gasteiger partial charge is 0.459 e. The van der Waals surface area contributed by atoms with Crippen LogP contribution in [-0.2, 0) is 20.7 Å². The van der Waals surface area contributed by atoms with Gasteiger partial charge in [-0.3, -0.25) is 9.59 Å². The van der Waals surface area contributed by atoms with Gasteiger partial charge in [-0.05, 0) is 54.2 Å². The van der Waals surface area contributed by atoms with Crippen LogP contribution in [-0.4, -0.2) is 18.2 Å². The van der Waals surface area contributed by atoms with Gasteiger partial charge in [-0.1, -0.05) is 6.92 Å². The molecular formula is C19H18O4. The van der Waals surface area contributed by atoms with Gasteiger partial charge in [-0.15, -0.1) is 0 Å². The van der Waals surface area contributed by atoms with Crippen molar-refractivity contribution in [3.05, 3.63) is 44.6 Å². The maximum Gasteiger partial charge on any atom is 0.313 e. The van der Waals surface area contributed by atoms with Crippen LogP contribution in [0.4, 0.5) is 0 Å². The van der Waals surface area contributed by atoms with Crippen LogP contribution in [0.2, 0.25) is 0 Å². The van der Waals surface area contributed by atoms with Crippen LogP contribution >= 0.6 is 0 Å². The number of carbonyl (C=O) groups excluding carboxylic acids is 1. The monoisotopic (exact) mass is 310 g/mol. The minimum absolute atomic E-state index is 0.00826. The summed E-state index contributed by atoms with van der Waals surface area (Å²) >= 11 is 0. The lowest BCUT2D eigenvalue weighted by molar-refractivity contribution is -0.215. The molecule has 1 aromatic carbocycles. The number of ether oxygens (including phenoxy) is 2. The average Bonchev–Trinajstić information content (AvgIpc) is 2.95. The number of hydrogen-bond acceptors (Lipinski definition) is 4. The summed E-state index contributed by atoms with van der Waals surface area (Å²) in [6, 6.07) is 3.52. The van der Waals surface area contributed by atoms with Gasteiger partial charge in [0.2, 0.25) is 0 Å². The SMILES string of the molecule is Cc1cc(=O)cc2c3c1[C@@H]1OC4[C@@H]5OC(=O)C(CC2)([C@@H]4C)[C@H]3C51. The van der Waals surface area contributed by atoms with Crippen LogP contribution in [0.1, 0.15) is 47.6 Å². The fraction of sp³-hybridized carbons (Fsp3) is 0.579. The van der Waals surface area contributed by atoms with Gasteiger partial charge >= 0.3 is 5.97 Å². The second-order valence-electron chi connectivity index (χ2n) is 8.00. The summed E-state index contributed by atoms with van der Waals surface area (Å²) in [6.07, 6.45) is 1.47. The van der Waals surface area contributed by atoms with Crippen molar-refractivity contribution in [1.29, 1.82) is 0 Å². The van der Waals surface area contributed by atoms with E-state index in [-0.39, 0.29) is 47.5 Å². The van der Waals surface area contributed by atoms with Crippen molar-refractivity contribution in [2.45, 2.75) is 50.9 Å². The van der Waals surface area contributed by atoms with Gasteiger partial charge in [0, 0.05) is 17.8 Å². The first-order valence-electron chi connectivity index (χ1n) is 8.58. The van der Waals surface area contributed by atoms with Gasteiger partial charge < -0.3 is 9.47 Å². The van der Waals surface area contributed by atoms with Gasteiger partial charge in [0.15, 0.2) is 5.43 Å². The highest BCUT2D eigenvalue weighted by atomic mass is 16.6. The van der Waals surface area contributed by atoms with Crippen LogP contribution < -0.4 is 5.43 Å². The normalized spacial score (nSPS) is 47.0. The molecule has 4 fully saturated rings. The van der Waals surface area contributed by atoms with E-state index < -0.39 is 5.41 Å². The number of hydrogen-bond donors (Lipinski definition) is 0. The van der Waals surface area contributed by atoms with E-state index in [1.807, 2.05) is 6.92 Å². The van der Waals surface area contributed by atoms with Crippen molar-refractivity contribution in [1.82, 2.24) is 0 Å². The Balaban J connectivity index is 1.78. The summed E-state index contributed by atoms with van der Waals surface area (Å²) in [7, 11) is 0. The summed E-state index contributed by atoms with van der Waals surface area (Å²) in [6.45, 7) is 4.17. The van der Waals surface area contributed by atoms with Gasteiger partial charge in [-0.2, -0.15) is 0 Å². The van der Waals surface area contributed by atoms with Crippen LogP contribution in [0.25, 0.3) is 0 Å². The highest BCUT2D eigenvalue weighted by Crippen LogP contribution is 2.73. The summed E-state index contributed by atoms with van der Waals surface area (Å²) < 4.78 is 12.3. The first kappa shape index (κ1) is 12.7. The maximum atomic E-state index is 12.9. The van der Waals surface area contributed by atoms with Gasteiger partial charge in [-0.25, -0.2) is 0 Å². The highest BCUT2D eigenvalue weighted by Gasteiger charge is 2.76. The van der Waals surface area contributed by atoms with E-state index in [4.69, 9.17) is 9.47 Å². The molecule has 4 bridgehead atoms. The molecule has 118 valence electrons. The minimum Gasteiger partial charge on any atom is -0.459 e. The van der Waals surface area contributed by atoms with Crippen molar-refractivity contribution in [3.63, 3.8) is 0 Å². The average molecular weight is 310 g/mol. The van der Waals surface area contributed by atoms with Crippen molar-refractivity contribution in [3.8, 4) is 0 Å². The van der Waals surface area contributed by atoms with Crippen LogP contribution in [0.3, 0.4) is 0 Å². The second-order valence-corrected chi connectivity index (χ2v) is 8.00. The molecule has 7 atom stereocenters. The third-order valence-corrected chi connectivity index (χ3v) is 7.36. The Morgan fingerprint density at radius 3 is 2.83 bits per heavy atom. The molecule has 1 aromatic rings. The third-order valence-electron chi connectivity index (χ3n) is 7.36. The van der Waals surface area contributed by atoms with Crippen molar-refractivity contribution in [2.24, 2.45) is 17.3 Å². The summed E-state index contributed by atoms with van der Waals surface area (Å²) in [5.74, 6) is 0.594. The van der Waals surface area contributed by atoms with Crippen molar-refractivity contribution in [2.75, 3.05) is 0 Å². The number of esters is 1. The summed E-state index contributed by atoms with van der Waals surface area (Å²) in [5, 5.41) is 0. The molecule has 4 nitrogen and oxygen atoms in total. The Bertz CT molecular complexity index is 859. The Labute approximate surface area is 133 Å². The number of fused-ring (bicyclic) bond motifs is 2. The molecule has 1 saturated carbocycles. The van der Waals surface area contributed by atoms with Crippen molar-refractivity contribution < 1.29 is 14.3 Å². The van der Waals surface area contributed by atoms with E-state index in [2.05, 4.69) is 6.92 Å². The number of aryl methyl sites for hydroxylation is 2. The van der Waals surface area contributed by atoms with Crippen LogP contribution in [0, 0.1) is 24.2 Å². The topological polar surface area (TPSA) is 52.6 Å². The lowest BCUT2D eigenvalue weighted by Gasteiger charge is -2.57. The molecule has 1 spiro atoms. The molecule has 4 heteroatoms. The molecule has 3 saturated heterocycles. The first-order chi connectivity index (χ1) is 11.0. The smallest absolute Gasteiger partial charge is 0.313 e. The highest BCUT2D eigenvalue weighted by molar-refractivity contribution is 5.83. The van der Waals surface area contributed by atoms with E-state index in [0.29, 0.717) is 0 Å². The molecule has 6 aliphatic rings. The van der Waals surface area contributed by atoms with Gasteiger partial charge in [0.1, 0.15) is 6.10 Å². The van der Waals surface area contributed by atoms with Gasteiger partial charge in [0.05, 0.1) is 17.6 Å². The zero-order valence-corrected chi connectivity index (χ0v) is 13.2. The number of rotatable bonds is 0. The van der Waals surface area contributed by atoms with Gasteiger partial charge in [0.25, 0.3) is 0 Å². The lowest BCUT2D eigenvalue weighted by Crippen LogP contribution is -2.64. The number of carbonyl (C=O) groups is 1. The molecule has 3 aliphatic heterocycles. The molecule has 3 aliphatic carbocycles. The third kappa shape index (κ3) is 1.11. The summed E-state index contributed by atoms with van der Waals surface area (Å²) in [4.78, 5) is 25.0. The molecular weight excluding hydrogens is 292 g/mol. The Hall–Kier alpha value is -1.68. The standard InChI is InChI=1S/C19H18O4/c1-7-5-10(20)6-9-3-4-19-8(2)15-17(23-18(19)21)13-14(19)12(9)11(7)16(13)22-15/h5-6,8,13-17H,3-4H2,1-2H3/t8-,13?,14-,15?,16+,17-,19?/m1/s1. The fourth-order valence-electron chi connectivity index (χ4n) is 6.56. The first-order valence-corrected chi connectivity index (χ1v) is 8.58. The molecule has 0 N–H and O–H groups in total. The zero-order chi connectivity index (χ0) is 15.7. The summed E-state index contributed by atoms with van der Waals surface area (Å²) in [5.41, 5.74) is 4.19. The minimum atomic E-state index is -0.444.